The van der Waals surface area contributed by atoms with Crippen LogP contribution in [0.2, 0.25) is 0 Å². The molecule has 0 saturated heterocycles. The molecule has 2 heteroatoms. The lowest BCUT2D eigenvalue weighted by Crippen LogP contribution is -2.01. The van der Waals surface area contributed by atoms with Crippen LogP contribution in [0.25, 0.3) is 5.57 Å². The number of ether oxygens (including phenoxy) is 1. The maximum absolute atomic E-state index is 10.4. The van der Waals surface area contributed by atoms with Gasteiger partial charge in [-0.15, -0.1) is 0 Å². The van der Waals surface area contributed by atoms with Crippen LogP contribution in [0, 0.1) is 11.8 Å². The smallest absolute Gasteiger partial charge is 0.123 e. The molecule has 2 nitrogen and oxygen atoms in total. The van der Waals surface area contributed by atoms with E-state index in [1.807, 2.05) is 24.3 Å². The van der Waals surface area contributed by atoms with Gasteiger partial charge in [0.25, 0.3) is 0 Å². The van der Waals surface area contributed by atoms with Crippen molar-refractivity contribution in [3.63, 3.8) is 0 Å². The van der Waals surface area contributed by atoms with E-state index >= 15 is 0 Å². The minimum atomic E-state index is 0.0943. The monoisotopic (exact) mass is 384 g/mol. The standard InChI is InChI=1S/C27H28O2/c1-20(17-18-21-11-5-3-2-4-6-12-21)27-19-24-22(13-8-10-16-26(24)29-27)23-14-7-9-15-25(23)28/h2-7,9,11-16,19-20,24,28H,8,10,17-18H2,1H3. The summed E-state index contributed by atoms with van der Waals surface area (Å²) in [7, 11) is 0. The zero-order valence-electron chi connectivity index (χ0n) is 16.9. The fraction of sp³-hybridized carbons (Fsp3) is 0.259. The maximum atomic E-state index is 10.4. The Morgan fingerprint density at radius 2 is 1.83 bits per heavy atom. The van der Waals surface area contributed by atoms with Crippen molar-refractivity contribution in [3.05, 3.63) is 108 Å². The van der Waals surface area contributed by atoms with Gasteiger partial charge in [-0.05, 0) is 55.0 Å². The van der Waals surface area contributed by atoms with Gasteiger partial charge >= 0.3 is 0 Å². The van der Waals surface area contributed by atoms with Crippen molar-refractivity contribution in [2.75, 3.05) is 0 Å². The van der Waals surface area contributed by atoms with Crippen LogP contribution in [0.1, 0.15) is 38.2 Å². The average molecular weight is 385 g/mol. The molecular formula is C27H28O2. The third-order valence-electron chi connectivity index (χ3n) is 5.72. The number of hydrogen-bond acceptors (Lipinski definition) is 2. The van der Waals surface area contributed by atoms with Crippen LogP contribution in [0.4, 0.5) is 0 Å². The van der Waals surface area contributed by atoms with E-state index in [1.165, 1.54) is 5.57 Å². The van der Waals surface area contributed by atoms with Crippen molar-refractivity contribution in [1.82, 2.24) is 0 Å². The van der Waals surface area contributed by atoms with E-state index in [-0.39, 0.29) is 5.92 Å². The van der Waals surface area contributed by atoms with Gasteiger partial charge < -0.3 is 9.84 Å². The highest BCUT2D eigenvalue weighted by atomic mass is 16.5. The first-order valence-corrected chi connectivity index (χ1v) is 10.5. The van der Waals surface area contributed by atoms with Crippen molar-refractivity contribution in [3.8, 4) is 5.75 Å². The van der Waals surface area contributed by atoms with Gasteiger partial charge in [-0.25, -0.2) is 0 Å². The summed E-state index contributed by atoms with van der Waals surface area (Å²) >= 11 is 0. The van der Waals surface area contributed by atoms with E-state index in [0.29, 0.717) is 11.7 Å². The van der Waals surface area contributed by atoms with E-state index in [2.05, 4.69) is 61.6 Å². The van der Waals surface area contributed by atoms with Gasteiger partial charge in [-0.3, -0.25) is 0 Å². The lowest BCUT2D eigenvalue weighted by Gasteiger charge is -2.15. The normalized spacial score (nSPS) is 21.6. The molecule has 2 atom stereocenters. The molecule has 3 aliphatic rings. The third kappa shape index (κ3) is 4.54. The Kier molecular flexibility index (Phi) is 6.00. The second-order valence-electron chi connectivity index (χ2n) is 7.82. The van der Waals surface area contributed by atoms with E-state index in [4.69, 9.17) is 4.74 Å². The molecule has 2 unspecified atom stereocenters. The van der Waals surface area contributed by atoms with E-state index in [9.17, 15) is 5.11 Å². The highest BCUT2D eigenvalue weighted by molar-refractivity contribution is 5.76. The molecule has 1 N–H and O–H groups in total. The zero-order chi connectivity index (χ0) is 20.1. The minimum absolute atomic E-state index is 0.0943. The predicted octanol–water partition coefficient (Wildman–Crippen LogP) is 7.01. The number of benzene rings is 1. The summed E-state index contributed by atoms with van der Waals surface area (Å²) in [6, 6.07) is 7.60. The van der Waals surface area contributed by atoms with E-state index in [1.54, 1.807) is 6.07 Å². The predicted molar refractivity (Wildman–Crippen MR) is 120 cm³/mol. The Bertz CT molecular complexity index is 966. The van der Waals surface area contributed by atoms with Crippen LogP contribution in [0.15, 0.2) is 102 Å². The zero-order valence-corrected chi connectivity index (χ0v) is 16.9. The minimum Gasteiger partial charge on any atom is -0.507 e. The molecule has 0 radical (unpaired) electrons. The number of fused-ring (bicyclic) bond motifs is 1. The summed E-state index contributed by atoms with van der Waals surface area (Å²) in [5.41, 5.74) is 3.39. The summed E-state index contributed by atoms with van der Waals surface area (Å²) in [5.74, 6) is 2.83. The van der Waals surface area contributed by atoms with Crippen LogP contribution in [-0.4, -0.2) is 5.11 Å². The second-order valence-corrected chi connectivity index (χ2v) is 7.82. The van der Waals surface area contributed by atoms with E-state index < -0.39 is 0 Å². The van der Waals surface area contributed by atoms with Gasteiger partial charge in [0.1, 0.15) is 17.3 Å². The number of allylic oxidation sites excluding steroid dienone is 12. The summed E-state index contributed by atoms with van der Waals surface area (Å²) < 4.78 is 6.32. The molecule has 0 aromatic heterocycles. The van der Waals surface area contributed by atoms with Gasteiger partial charge in [0.2, 0.25) is 0 Å². The molecule has 29 heavy (non-hydrogen) atoms. The average Bonchev–Trinajstić information content (AvgIpc) is 3.02. The summed E-state index contributed by atoms with van der Waals surface area (Å²) in [5, 5.41) is 10.4. The van der Waals surface area contributed by atoms with E-state index in [0.717, 1.165) is 48.3 Å². The first-order valence-electron chi connectivity index (χ1n) is 10.5. The Morgan fingerprint density at radius 3 is 2.72 bits per heavy atom. The quantitative estimate of drug-likeness (QED) is 0.592. The number of hydrogen-bond donors (Lipinski definition) is 1. The first-order chi connectivity index (χ1) is 14.2. The van der Waals surface area contributed by atoms with Crippen LogP contribution >= 0.6 is 0 Å². The van der Waals surface area contributed by atoms with Gasteiger partial charge in [-0.2, -0.15) is 0 Å². The third-order valence-corrected chi connectivity index (χ3v) is 5.72. The summed E-state index contributed by atoms with van der Waals surface area (Å²) in [4.78, 5) is 0. The van der Waals surface area contributed by atoms with Crippen molar-refractivity contribution < 1.29 is 9.84 Å². The molecule has 0 saturated carbocycles. The number of rotatable bonds is 5. The molecule has 1 aliphatic heterocycles. The summed E-state index contributed by atoms with van der Waals surface area (Å²) in [6.07, 6.45) is 25.4. The molecule has 1 aromatic rings. The van der Waals surface area contributed by atoms with Crippen LogP contribution in [-0.2, 0) is 4.74 Å². The topological polar surface area (TPSA) is 29.5 Å². The molecular weight excluding hydrogens is 356 g/mol. The van der Waals surface area contributed by atoms with Crippen molar-refractivity contribution in [2.45, 2.75) is 32.6 Å². The molecule has 2 aliphatic carbocycles. The molecule has 4 rings (SSSR count). The van der Waals surface area contributed by atoms with Crippen molar-refractivity contribution in [2.24, 2.45) is 11.8 Å². The first kappa shape index (κ1) is 19.3. The van der Waals surface area contributed by atoms with Gasteiger partial charge in [-0.1, -0.05) is 73.7 Å². The van der Waals surface area contributed by atoms with Crippen molar-refractivity contribution in [1.29, 1.82) is 0 Å². The lowest BCUT2D eigenvalue weighted by atomic mass is 9.89. The fourth-order valence-electron chi connectivity index (χ4n) is 4.04. The molecule has 0 spiro atoms. The van der Waals surface area contributed by atoms with Crippen molar-refractivity contribution >= 4 is 5.57 Å². The van der Waals surface area contributed by atoms with Gasteiger partial charge in [0.05, 0.1) is 5.92 Å². The Balaban J connectivity index is 1.50. The summed E-state index contributed by atoms with van der Waals surface area (Å²) in [6.45, 7) is 2.24. The molecule has 148 valence electrons. The fourth-order valence-corrected chi connectivity index (χ4v) is 4.04. The Morgan fingerprint density at radius 1 is 1.03 bits per heavy atom. The van der Waals surface area contributed by atoms with Gasteiger partial charge in [0.15, 0.2) is 0 Å². The van der Waals surface area contributed by atoms with Crippen LogP contribution in [0.3, 0.4) is 0 Å². The van der Waals surface area contributed by atoms with Gasteiger partial charge in [0, 0.05) is 11.5 Å². The molecule has 0 amide bonds. The molecule has 1 heterocycles. The Hall–Kier alpha value is -3.00. The second kappa shape index (κ2) is 9.00. The highest BCUT2D eigenvalue weighted by Gasteiger charge is 2.31. The molecule has 0 fully saturated rings. The van der Waals surface area contributed by atoms with Crippen LogP contribution in [0.5, 0.6) is 5.75 Å². The SMILES string of the molecule is CC(CCC1=CC=CC=CC=C1)C1=CC2C(=CCCC=C2c2ccccc2O)O1. The largest absolute Gasteiger partial charge is 0.507 e. The number of para-hydroxylation sites is 1. The Labute approximate surface area is 173 Å². The number of phenols is 1. The van der Waals surface area contributed by atoms with Crippen LogP contribution < -0.4 is 0 Å². The molecule has 1 aromatic carbocycles. The lowest BCUT2D eigenvalue weighted by molar-refractivity contribution is 0.265. The number of aromatic hydroxyl groups is 1. The molecule has 0 bridgehead atoms. The maximum Gasteiger partial charge on any atom is 0.123 e. The highest BCUT2D eigenvalue weighted by Crippen LogP contribution is 2.44. The number of phenolic OH excluding ortho intramolecular Hbond substituents is 1.